The van der Waals surface area contributed by atoms with E-state index in [1.54, 1.807) is 10.7 Å². The van der Waals surface area contributed by atoms with E-state index < -0.39 is 0 Å². The van der Waals surface area contributed by atoms with Crippen molar-refractivity contribution in [1.82, 2.24) is 14.8 Å². The van der Waals surface area contributed by atoms with Crippen molar-refractivity contribution in [3.8, 4) is 17.1 Å². The Bertz CT molecular complexity index is 1250. The molecule has 6 heteroatoms. The van der Waals surface area contributed by atoms with E-state index in [-0.39, 0.29) is 11.7 Å². The lowest BCUT2D eigenvalue weighted by Crippen LogP contribution is -2.14. The summed E-state index contributed by atoms with van der Waals surface area (Å²) in [4.78, 5) is 17.5. The highest BCUT2D eigenvalue weighted by Crippen LogP contribution is 2.25. The van der Waals surface area contributed by atoms with Crippen LogP contribution in [0.25, 0.3) is 17.1 Å². The summed E-state index contributed by atoms with van der Waals surface area (Å²) in [6, 6.07) is 21.0. The Morgan fingerprint density at radius 3 is 2.43 bits per heavy atom. The largest absolute Gasteiger partial charge is 0.319 e. The second-order valence-corrected chi connectivity index (χ2v) is 7.66. The maximum absolute atomic E-state index is 12.9. The number of carbonyl (C=O) groups is 1. The van der Waals surface area contributed by atoms with Gasteiger partial charge in [0, 0.05) is 16.3 Å². The van der Waals surface area contributed by atoms with Crippen molar-refractivity contribution in [1.29, 1.82) is 0 Å². The molecule has 150 valence electrons. The van der Waals surface area contributed by atoms with Crippen LogP contribution in [0.2, 0.25) is 5.02 Å². The van der Waals surface area contributed by atoms with E-state index in [4.69, 9.17) is 11.6 Å². The minimum Gasteiger partial charge on any atom is -0.319 e. The molecule has 0 spiro atoms. The molecular weight excluding hydrogens is 396 g/mol. The van der Waals surface area contributed by atoms with Crippen molar-refractivity contribution in [2.75, 3.05) is 5.32 Å². The Hall–Kier alpha value is -3.44. The standard InChI is InChI=1S/C24H21ClN4O/c1-15-11-12-20(13-17(15)3)26-24(30)22-27-23(18-8-6-9-19(25)14-18)29(28-22)21-10-5-4-7-16(21)2/h4-14H,1-3H3,(H,26,30). The van der Waals surface area contributed by atoms with Crippen LogP contribution in [0.1, 0.15) is 27.3 Å². The highest BCUT2D eigenvalue weighted by Gasteiger charge is 2.20. The normalized spacial score (nSPS) is 10.8. The monoisotopic (exact) mass is 416 g/mol. The van der Waals surface area contributed by atoms with Crippen molar-refractivity contribution in [3.05, 3.63) is 94.3 Å². The lowest BCUT2D eigenvalue weighted by Gasteiger charge is -2.09. The SMILES string of the molecule is Cc1ccc(NC(=O)c2nc(-c3cccc(Cl)c3)n(-c3ccccc3C)n2)cc1C. The van der Waals surface area contributed by atoms with Gasteiger partial charge in [-0.05, 0) is 67.8 Å². The van der Waals surface area contributed by atoms with Gasteiger partial charge < -0.3 is 5.32 Å². The Labute approximate surface area is 180 Å². The number of nitrogens with one attached hydrogen (secondary N) is 1. The third-order valence-corrected chi connectivity index (χ3v) is 5.24. The average Bonchev–Trinajstić information content (AvgIpc) is 3.16. The first-order valence-electron chi connectivity index (χ1n) is 9.60. The predicted octanol–water partition coefficient (Wildman–Crippen LogP) is 5.77. The maximum atomic E-state index is 12.9. The molecule has 0 bridgehead atoms. The second-order valence-electron chi connectivity index (χ2n) is 7.22. The summed E-state index contributed by atoms with van der Waals surface area (Å²) in [6.45, 7) is 6.03. The molecule has 0 atom stereocenters. The first-order valence-corrected chi connectivity index (χ1v) is 9.98. The number of anilines is 1. The van der Waals surface area contributed by atoms with E-state index >= 15 is 0 Å². The Kier molecular flexibility index (Phi) is 5.38. The summed E-state index contributed by atoms with van der Waals surface area (Å²) in [5, 5.41) is 8.02. The number of para-hydroxylation sites is 1. The highest BCUT2D eigenvalue weighted by molar-refractivity contribution is 6.30. The van der Waals surface area contributed by atoms with E-state index in [0.29, 0.717) is 16.5 Å². The van der Waals surface area contributed by atoms with Gasteiger partial charge in [0.05, 0.1) is 5.69 Å². The van der Waals surface area contributed by atoms with Gasteiger partial charge in [0.25, 0.3) is 5.91 Å². The molecule has 0 aliphatic carbocycles. The third kappa shape index (κ3) is 3.98. The van der Waals surface area contributed by atoms with Gasteiger partial charge in [0.2, 0.25) is 5.82 Å². The third-order valence-electron chi connectivity index (χ3n) is 5.00. The fraction of sp³-hybridized carbons (Fsp3) is 0.125. The van der Waals surface area contributed by atoms with E-state index in [1.807, 2.05) is 81.4 Å². The molecule has 3 aromatic carbocycles. The van der Waals surface area contributed by atoms with E-state index in [2.05, 4.69) is 15.4 Å². The van der Waals surface area contributed by atoms with Gasteiger partial charge in [0.1, 0.15) is 0 Å². The second kappa shape index (κ2) is 8.13. The van der Waals surface area contributed by atoms with Crippen molar-refractivity contribution >= 4 is 23.2 Å². The molecule has 0 aliphatic rings. The zero-order valence-electron chi connectivity index (χ0n) is 17.0. The number of aryl methyl sites for hydroxylation is 3. The van der Waals surface area contributed by atoms with Crippen LogP contribution in [0.15, 0.2) is 66.7 Å². The van der Waals surface area contributed by atoms with Crippen molar-refractivity contribution in [2.24, 2.45) is 0 Å². The van der Waals surface area contributed by atoms with Gasteiger partial charge >= 0.3 is 0 Å². The van der Waals surface area contributed by atoms with E-state index in [9.17, 15) is 4.79 Å². The van der Waals surface area contributed by atoms with Crippen LogP contribution in [0.4, 0.5) is 5.69 Å². The number of amides is 1. The maximum Gasteiger partial charge on any atom is 0.295 e. The van der Waals surface area contributed by atoms with Crippen molar-refractivity contribution < 1.29 is 4.79 Å². The van der Waals surface area contributed by atoms with Gasteiger partial charge in [-0.25, -0.2) is 9.67 Å². The first kappa shape index (κ1) is 19.9. The molecule has 1 N–H and O–H groups in total. The highest BCUT2D eigenvalue weighted by atomic mass is 35.5. The molecule has 1 amide bonds. The lowest BCUT2D eigenvalue weighted by molar-refractivity contribution is 0.101. The Morgan fingerprint density at radius 1 is 0.900 bits per heavy atom. The van der Waals surface area contributed by atoms with Crippen molar-refractivity contribution in [2.45, 2.75) is 20.8 Å². The molecule has 1 aromatic heterocycles. The van der Waals surface area contributed by atoms with Crippen LogP contribution in [0, 0.1) is 20.8 Å². The smallest absolute Gasteiger partial charge is 0.295 e. The lowest BCUT2D eigenvalue weighted by atomic mass is 10.1. The Balaban J connectivity index is 1.77. The minimum absolute atomic E-state index is 0.0893. The molecule has 0 aliphatic heterocycles. The Morgan fingerprint density at radius 2 is 1.70 bits per heavy atom. The van der Waals surface area contributed by atoms with Gasteiger partial charge in [-0.3, -0.25) is 4.79 Å². The number of carbonyl (C=O) groups excluding carboxylic acids is 1. The molecule has 0 fully saturated rings. The number of rotatable bonds is 4. The molecule has 30 heavy (non-hydrogen) atoms. The van der Waals surface area contributed by atoms with Crippen LogP contribution in [-0.4, -0.2) is 20.7 Å². The zero-order valence-corrected chi connectivity index (χ0v) is 17.7. The molecule has 4 aromatic rings. The van der Waals surface area contributed by atoms with E-state index in [0.717, 1.165) is 27.9 Å². The van der Waals surface area contributed by atoms with Crippen LogP contribution in [0.5, 0.6) is 0 Å². The molecule has 4 rings (SSSR count). The average molecular weight is 417 g/mol. The fourth-order valence-electron chi connectivity index (χ4n) is 3.20. The summed E-state index contributed by atoms with van der Waals surface area (Å²) in [5.74, 6) is 0.275. The van der Waals surface area contributed by atoms with Crippen LogP contribution in [-0.2, 0) is 0 Å². The summed E-state index contributed by atoms with van der Waals surface area (Å²) >= 11 is 6.19. The number of aromatic nitrogens is 3. The van der Waals surface area contributed by atoms with Crippen LogP contribution >= 0.6 is 11.6 Å². The van der Waals surface area contributed by atoms with Crippen molar-refractivity contribution in [3.63, 3.8) is 0 Å². The summed E-state index contributed by atoms with van der Waals surface area (Å²) < 4.78 is 1.69. The summed E-state index contributed by atoms with van der Waals surface area (Å²) in [7, 11) is 0. The van der Waals surface area contributed by atoms with Crippen LogP contribution < -0.4 is 5.32 Å². The van der Waals surface area contributed by atoms with Gasteiger partial charge in [-0.15, -0.1) is 5.10 Å². The predicted molar refractivity (Wildman–Crippen MR) is 120 cm³/mol. The molecule has 0 saturated heterocycles. The number of benzene rings is 3. The molecule has 0 saturated carbocycles. The van der Waals surface area contributed by atoms with Gasteiger partial charge in [-0.1, -0.05) is 48.0 Å². The number of halogens is 1. The van der Waals surface area contributed by atoms with E-state index in [1.165, 1.54) is 0 Å². The molecule has 5 nitrogen and oxygen atoms in total. The fourth-order valence-corrected chi connectivity index (χ4v) is 3.39. The summed E-state index contributed by atoms with van der Waals surface area (Å²) in [6.07, 6.45) is 0. The molecule has 0 unspecified atom stereocenters. The first-order chi connectivity index (χ1) is 14.4. The number of hydrogen-bond donors (Lipinski definition) is 1. The molecule has 0 radical (unpaired) electrons. The number of nitrogens with zero attached hydrogens (tertiary/aromatic N) is 3. The topological polar surface area (TPSA) is 59.8 Å². The number of hydrogen-bond acceptors (Lipinski definition) is 3. The quantitative estimate of drug-likeness (QED) is 0.459. The molecule has 1 heterocycles. The zero-order chi connectivity index (χ0) is 21.3. The molecular formula is C24H21ClN4O. The summed E-state index contributed by atoms with van der Waals surface area (Å²) in [5.41, 5.74) is 5.63. The minimum atomic E-state index is -0.367. The van der Waals surface area contributed by atoms with Gasteiger partial charge in [0.15, 0.2) is 5.82 Å². The van der Waals surface area contributed by atoms with Gasteiger partial charge in [-0.2, -0.15) is 0 Å². The van der Waals surface area contributed by atoms with Crippen LogP contribution in [0.3, 0.4) is 0 Å².